The van der Waals surface area contributed by atoms with Crippen molar-refractivity contribution in [3.8, 4) is 11.5 Å². The Balaban J connectivity index is 1.76. The van der Waals surface area contributed by atoms with Gasteiger partial charge in [-0.3, -0.25) is 4.57 Å². The van der Waals surface area contributed by atoms with Gasteiger partial charge in [0.15, 0.2) is 5.58 Å². The zero-order valence-electron chi connectivity index (χ0n) is 14.6. The van der Waals surface area contributed by atoms with Gasteiger partial charge >= 0.3 is 7.60 Å². The van der Waals surface area contributed by atoms with Crippen molar-refractivity contribution >= 4 is 18.7 Å². The summed E-state index contributed by atoms with van der Waals surface area (Å²) >= 11 is 0. The molecule has 0 amide bonds. The quantitative estimate of drug-likeness (QED) is 0.291. The average Bonchev–Trinajstić information content (AvgIpc) is 3.10. The maximum atomic E-state index is 12.6. The molecule has 0 atom stereocenters. The van der Waals surface area contributed by atoms with Gasteiger partial charge in [0.05, 0.1) is 19.4 Å². The second kappa shape index (κ2) is 8.58. The van der Waals surface area contributed by atoms with Crippen LogP contribution in [0.5, 0.6) is 0 Å². The molecule has 26 heavy (non-hydrogen) atoms. The Morgan fingerprint density at radius 1 is 0.962 bits per heavy atom. The summed E-state index contributed by atoms with van der Waals surface area (Å²) in [5, 5.41) is 0. The van der Waals surface area contributed by atoms with E-state index in [-0.39, 0.29) is 19.4 Å². The molecule has 3 rings (SSSR count). The molecule has 0 fully saturated rings. The molecule has 0 bridgehead atoms. The van der Waals surface area contributed by atoms with Gasteiger partial charge in [0.1, 0.15) is 5.52 Å². The van der Waals surface area contributed by atoms with Crippen molar-refractivity contribution in [1.29, 1.82) is 0 Å². The van der Waals surface area contributed by atoms with Crippen LogP contribution in [-0.2, 0) is 29.9 Å². The van der Waals surface area contributed by atoms with Crippen molar-refractivity contribution in [1.82, 2.24) is 4.98 Å². The Morgan fingerprint density at radius 3 is 2.23 bits per heavy atom. The van der Waals surface area contributed by atoms with Crippen LogP contribution in [-0.4, -0.2) is 18.2 Å². The SMILES string of the molecule is CCOOP(=O)(Cc1ccc(-c2nc3ccccc3o2)cc1)OOCC. The van der Waals surface area contributed by atoms with E-state index >= 15 is 0 Å². The monoisotopic (exact) mass is 377 g/mol. The highest BCUT2D eigenvalue weighted by atomic mass is 31.2. The highest BCUT2D eigenvalue weighted by Crippen LogP contribution is 2.52. The first kappa shape index (κ1) is 18.8. The standard InChI is InChI=1S/C18H20NO6P/c1-3-21-24-26(20,25-22-4-2)13-14-9-11-15(12-10-14)18-19-16-7-5-6-8-17(16)23-18/h5-12H,3-4,13H2,1-2H3. The van der Waals surface area contributed by atoms with Crippen molar-refractivity contribution in [2.75, 3.05) is 13.2 Å². The lowest BCUT2D eigenvalue weighted by atomic mass is 10.1. The largest absolute Gasteiger partial charge is 0.436 e. The molecule has 0 saturated heterocycles. The Labute approximate surface area is 151 Å². The van der Waals surface area contributed by atoms with Gasteiger partial charge in [-0.2, -0.15) is 0 Å². The van der Waals surface area contributed by atoms with Gasteiger partial charge in [-0.25, -0.2) is 14.8 Å². The third-order valence-electron chi connectivity index (χ3n) is 3.44. The first-order chi connectivity index (χ1) is 12.6. The minimum Gasteiger partial charge on any atom is -0.436 e. The molecule has 8 heteroatoms. The van der Waals surface area contributed by atoms with Crippen LogP contribution in [0.1, 0.15) is 19.4 Å². The lowest BCUT2D eigenvalue weighted by molar-refractivity contribution is -0.263. The normalized spacial score (nSPS) is 11.9. The first-order valence-electron chi connectivity index (χ1n) is 8.30. The Kier molecular flexibility index (Phi) is 6.19. The molecular formula is C18H20NO6P. The van der Waals surface area contributed by atoms with Gasteiger partial charge in [-0.15, -0.1) is 9.35 Å². The fraction of sp³-hybridized carbons (Fsp3) is 0.278. The number of para-hydroxylation sites is 2. The molecule has 0 radical (unpaired) electrons. The molecule has 0 N–H and O–H groups in total. The van der Waals surface area contributed by atoms with Crippen LogP contribution in [0.3, 0.4) is 0 Å². The predicted molar refractivity (Wildman–Crippen MR) is 96.2 cm³/mol. The van der Waals surface area contributed by atoms with Crippen molar-refractivity contribution in [2.24, 2.45) is 0 Å². The van der Waals surface area contributed by atoms with Crippen molar-refractivity contribution in [2.45, 2.75) is 20.0 Å². The van der Waals surface area contributed by atoms with Gasteiger partial charge in [0.25, 0.3) is 0 Å². The summed E-state index contributed by atoms with van der Waals surface area (Å²) in [7, 11) is -3.57. The molecule has 7 nitrogen and oxygen atoms in total. The van der Waals surface area contributed by atoms with E-state index in [1.165, 1.54) is 0 Å². The number of benzene rings is 2. The minimum absolute atomic E-state index is 0.0147. The number of nitrogens with zero attached hydrogens (tertiary/aromatic N) is 1. The van der Waals surface area contributed by atoms with E-state index in [9.17, 15) is 4.57 Å². The summed E-state index contributed by atoms with van der Waals surface area (Å²) in [5.41, 5.74) is 3.08. The lowest BCUT2D eigenvalue weighted by Gasteiger charge is -2.15. The van der Waals surface area contributed by atoms with E-state index in [0.29, 0.717) is 5.89 Å². The third kappa shape index (κ3) is 4.58. The van der Waals surface area contributed by atoms with Gasteiger partial charge < -0.3 is 4.42 Å². The van der Waals surface area contributed by atoms with E-state index in [0.717, 1.165) is 22.2 Å². The molecule has 0 aliphatic heterocycles. The van der Waals surface area contributed by atoms with Crippen LogP contribution < -0.4 is 0 Å². The second-order valence-corrected chi connectivity index (χ2v) is 7.25. The van der Waals surface area contributed by atoms with E-state index in [4.69, 9.17) is 23.5 Å². The van der Waals surface area contributed by atoms with E-state index in [1.807, 2.05) is 48.5 Å². The molecule has 138 valence electrons. The molecule has 0 aliphatic rings. The number of fused-ring (bicyclic) bond motifs is 1. The van der Waals surface area contributed by atoms with Gasteiger partial charge in [-0.05, 0) is 43.7 Å². The number of rotatable bonds is 9. The maximum Gasteiger partial charge on any atom is 0.388 e. The van der Waals surface area contributed by atoms with Crippen LogP contribution in [0.2, 0.25) is 0 Å². The highest BCUT2D eigenvalue weighted by molar-refractivity contribution is 7.52. The minimum atomic E-state index is -3.57. The second-order valence-electron chi connectivity index (χ2n) is 5.41. The van der Waals surface area contributed by atoms with Crippen LogP contribution in [0, 0.1) is 0 Å². The van der Waals surface area contributed by atoms with E-state index in [1.54, 1.807) is 13.8 Å². The number of oxazole rings is 1. The Hall–Kier alpha value is -2.02. The van der Waals surface area contributed by atoms with Crippen molar-refractivity contribution in [3.63, 3.8) is 0 Å². The van der Waals surface area contributed by atoms with Gasteiger partial charge in [0, 0.05) is 5.56 Å². The van der Waals surface area contributed by atoms with Crippen molar-refractivity contribution < 1.29 is 28.1 Å². The predicted octanol–water partition coefficient (Wildman–Crippen LogP) is 5.12. The summed E-state index contributed by atoms with van der Waals surface area (Å²) in [5.74, 6) is 0.525. The van der Waals surface area contributed by atoms with E-state index in [2.05, 4.69) is 4.98 Å². The van der Waals surface area contributed by atoms with Crippen LogP contribution >= 0.6 is 7.60 Å². The zero-order valence-corrected chi connectivity index (χ0v) is 15.5. The summed E-state index contributed by atoms with van der Waals surface area (Å²) in [4.78, 5) is 14.1. The summed E-state index contributed by atoms with van der Waals surface area (Å²) < 4.78 is 28.2. The maximum absolute atomic E-state index is 12.6. The Bertz CT molecular complexity index is 847. The molecule has 0 saturated carbocycles. The number of aromatic nitrogens is 1. The molecular weight excluding hydrogens is 357 g/mol. The molecule has 2 aromatic carbocycles. The van der Waals surface area contributed by atoms with Gasteiger partial charge in [0.2, 0.25) is 5.89 Å². The fourth-order valence-electron chi connectivity index (χ4n) is 2.30. The zero-order chi connectivity index (χ0) is 18.4. The van der Waals surface area contributed by atoms with Crippen LogP contribution in [0.25, 0.3) is 22.6 Å². The molecule has 1 heterocycles. The molecule has 0 aliphatic carbocycles. The smallest absolute Gasteiger partial charge is 0.388 e. The number of hydrogen-bond acceptors (Lipinski definition) is 7. The third-order valence-corrected chi connectivity index (χ3v) is 4.86. The van der Waals surface area contributed by atoms with E-state index < -0.39 is 7.60 Å². The summed E-state index contributed by atoms with van der Waals surface area (Å²) in [6.45, 7) is 3.94. The van der Waals surface area contributed by atoms with Gasteiger partial charge in [-0.1, -0.05) is 24.3 Å². The summed E-state index contributed by atoms with van der Waals surface area (Å²) in [6.07, 6.45) is 0.0147. The molecule has 0 unspecified atom stereocenters. The number of hydrogen-bond donors (Lipinski definition) is 0. The fourth-order valence-corrected chi connectivity index (χ4v) is 3.62. The van der Waals surface area contributed by atoms with Crippen LogP contribution in [0.4, 0.5) is 0 Å². The Morgan fingerprint density at radius 2 is 1.62 bits per heavy atom. The lowest BCUT2D eigenvalue weighted by Crippen LogP contribution is -2.01. The molecule has 1 aromatic heterocycles. The first-order valence-corrected chi connectivity index (χ1v) is 10.0. The molecule has 0 spiro atoms. The summed E-state index contributed by atoms with van der Waals surface area (Å²) in [6, 6.07) is 14.9. The highest BCUT2D eigenvalue weighted by Gasteiger charge is 2.28. The van der Waals surface area contributed by atoms with Crippen molar-refractivity contribution in [3.05, 3.63) is 54.1 Å². The molecule has 3 aromatic rings. The van der Waals surface area contributed by atoms with Crippen LogP contribution in [0.15, 0.2) is 52.9 Å². The topological polar surface area (TPSA) is 80.0 Å². The average molecular weight is 377 g/mol.